The molecule has 6 heteroatoms. The monoisotopic (exact) mass is 254 g/mol. The van der Waals surface area contributed by atoms with Crippen LogP contribution in [-0.2, 0) is 17.5 Å². The van der Waals surface area contributed by atoms with Gasteiger partial charge < -0.3 is 9.64 Å². The van der Waals surface area contributed by atoms with Gasteiger partial charge in [-0.15, -0.1) is 0 Å². The van der Waals surface area contributed by atoms with Gasteiger partial charge in [0, 0.05) is 13.1 Å². The number of hydrogen-bond donors (Lipinski definition) is 1. The average molecular weight is 254 g/mol. The van der Waals surface area contributed by atoms with E-state index in [-0.39, 0.29) is 6.03 Å². The number of hydrogen-bond acceptors (Lipinski definition) is 3. The van der Waals surface area contributed by atoms with E-state index >= 15 is 0 Å². The molecule has 2 amide bonds. The number of carbonyl (C=O) groups is 1. The van der Waals surface area contributed by atoms with Crippen molar-refractivity contribution < 1.29 is 13.7 Å². The SMILES string of the molecule is COc1ccc(CN2CCS(=O)NC2=O)cc1. The lowest BCUT2D eigenvalue weighted by atomic mass is 10.2. The smallest absolute Gasteiger partial charge is 0.329 e. The van der Waals surface area contributed by atoms with E-state index < -0.39 is 11.0 Å². The van der Waals surface area contributed by atoms with Crippen molar-refractivity contribution in [1.29, 1.82) is 0 Å². The lowest BCUT2D eigenvalue weighted by molar-refractivity contribution is 0.202. The number of rotatable bonds is 3. The molecule has 0 aromatic heterocycles. The number of methoxy groups -OCH3 is 1. The summed E-state index contributed by atoms with van der Waals surface area (Å²) in [5.41, 5.74) is 1.02. The summed E-state index contributed by atoms with van der Waals surface area (Å²) in [6.45, 7) is 1.04. The number of urea groups is 1. The highest BCUT2D eigenvalue weighted by Gasteiger charge is 2.21. The van der Waals surface area contributed by atoms with Gasteiger partial charge in [0.1, 0.15) is 16.7 Å². The van der Waals surface area contributed by atoms with Crippen molar-refractivity contribution >= 4 is 17.0 Å². The molecule has 0 bridgehead atoms. The molecule has 5 nitrogen and oxygen atoms in total. The third-order valence-corrected chi connectivity index (χ3v) is 3.52. The molecule has 1 atom stereocenters. The van der Waals surface area contributed by atoms with Gasteiger partial charge in [-0.05, 0) is 17.7 Å². The topological polar surface area (TPSA) is 58.6 Å². The molecule has 1 unspecified atom stereocenters. The fraction of sp³-hybridized carbons (Fsp3) is 0.364. The van der Waals surface area contributed by atoms with Crippen LogP contribution in [-0.4, -0.2) is 34.5 Å². The van der Waals surface area contributed by atoms with Crippen LogP contribution >= 0.6 is 0 Å². The molecule has 92 valence electrons. The van der Waals surface area contributed by atoms with Gasteiger partial charge in [-0.2, -0.15) is 0 Å². The van der Waals surface area contributed by atoms with Crippen molar-refractivity contribution in [3.63, 3.8) is 0 Å². The Morgan fingerprint density at radius 2 is 2.12 bits per heavy atom. The van der Waals surface area contributed by atoms with Crippen LogP contribution in [0.4, 0.5) is 4.79 Å². The molecule has 1 aromatic rings. The number of ether oxygens (including phenoxy) is 1. The zero-order valence-corrected chi connectivity index (χ0v) is 10.3. The van der Waals surface area contributed by atoms with Crippen molar-refractivity contribution in [3.05, 3.63) is 29.8 Å². The summed E-state index contributed by atoms with van der Waals surface area (Å²) in [7, 11) is 0.398. The first-order chi connectivity index (χ1) is 8.19. The Morgan fingerprint density at radius 1 is 1.41 bits per heavy atom. The van der Waals surface area contributed by atoms with Crippen molar-refractivity contribution in [1.82, 2.24) is 9.62 Å². The standard InChI is InChI=1S/C11H14N2O3S/c1-16-10-4-2-9(3-5-10)8-13-6-7-17(15)12-11(13)14/h2-5H,6-8H2,1H3,(H,12,14). The molecule has 0 aliphatic carbocycles. The van der Waals surface area contributed by atoms with Crippen LogP contribution in [0, 0.1) is 0 Å². The average Bonchev–Trinajstić information content (AvgIpc) is 2.34. The second-order valence-electron chi connectivity index (χ2n) is 3.73. The highest BCUT2D eigenvalue weighted by Crippen LogP contribution is 2.13. The predicted octanol–water partition coefficient (Wildman–Crippen LogP) is 0.884. The first-order valence-electron chi connectivity index (χ1n) is 5.26. The van der Waals surface area contributed by atoms with Gasteiger partial charge in [0.2, 0.25) is 0 Å². The van der Waals surface area contributed by atoms with Crippen LogP contribution in [0.1, 0.15) is 5.56 Å². The van der Waals surface area contributed by atoms with Gasteiger partial charge in [0.05, 0.1) is 12.9 Å². The Kier molecular flexibility index (Phi) is 3.63. The summed E-state index contributed by atoms with van der Waals surface area (Å²) in [5, 5.41) is 0. The molecular weight excluding hydrogens is 240 g/mol. The van der Waals surface area contributed by atoms with Gasteiger partial charge in [-0.3, -0.25) is 4.72 Å². The molecular formula is C11H14N2O3S. The summed E-state index contributed by atoms with van der Waals surface area (Å²) in [4.78, 5) is 13.2. The first kappa shape index (κ1) is 11.9. The number of nitrogens with zero attached hydrogens (tertiary/aromatic N) is 1. The highest BCUT2D eigenvalue weighted by molar-refractivity contribution is 7.83. The van der Waals surface area contributed by atoms with E-state index in [4.69, 9.17) is 4.74 Å². The van der Waals surface area contributed by atoms with E-state index in [1.54, 1.807) is 12.0 Å². The summed E-state index contributed by atoms with van der Waals surface area (Å²) < 4.78 is 18.6. The maximum atomic E-state index is 11.5. The zero-order valence-electron chi connectivity index (χ0n) is 9.51. The molecule has 1 saturated heterocycles. The molecule has 1 aliphatic rings. The summed E-state index contributed by atoms with van der Waals surface area (Å²) in [5.74, 6) is 1.26. The van der Waals surface area contributed by atoms with E-state index in [0.717, 1.165) is 11.3 Å². The van der Waals surface area contributed by atoms with E-state index in [0.29, 0.717) is 18.8 Å². The molecule has 1 N–H and O–H groups in total. The molecule has 1 aliphatic heterocycles. The summed E-state index contributed by atoms with van der Waals surface area (Å²) in [6.07, 6.45) is 0. The van der Waals surface area contributed by atoms with E-state index in [1.807, 2.05) is 24.3 Å². The zero-order chi connectivity index (χ0) is 12.3. The maximum absolute atomic E-state index is 11.5. The lowest BCUT2D eigenvalue weighted by Gasteiger charge is -2.26. The Morgan fingerprint density at radius 3 is 2.71 bits per heavy atom. The van der Waals surface area contributed by atoms with Crippen LogP contribution in [0.25, 0.3) is 0 Å². The fourth-order valence-electron chi connectivity index (χ4n) is 1.61. The van der Waals surface area contributed by atoms with Crippen LogP contribution in [0.5, 0.6) is 5.75 Å². The normalized spacial score (nSPS) is 19.9. The maximum Gasteiger partial charge on any atom is 0.329 e. The Bertz CT molecular complexity index is 433. The second kappa shape index (κ2) is 5.18. The Labute approximate surface area is 102 Å². The van der Waals surface area contributed by atoms with Crippen LogP contribution in [0.15, 0.2) is 24.3 Å². The molecule has 1 aromatic carbocycles. The minimum Gasteiger partial charge on any atom is -0.497 e. The first-order valence-corrected chi connectivity index (χ1v) is 6.58. The van der Waals surface area contributed by atoms with Gasteiger partial charge in [0.15, 0.2) is 0 Å². The summed E-state index contributed by atoms with van der Waals surface area (Å²) in [6, 6.07) is 7.27. The molecule has 17 heavy (non-hydrogen) atoms. The molecule has 1 heterocycles. The molecule has 0 spiro atoms. The number of nitrogens with one attached hydrogen (secondary N) is 1. The second-order valence-corrected chi connectivity index (χ2v) is 5.03. The molecule has 0 saturated carbocycles. The lowest BCUT2D eigenvalue weighted by Crippen LogP contribution is -2.48. The Balaban J connectivity index is 2.00. The summed E-state index contributed by atoms with van der Waals surface area (Å²) >= 11 is 0. The van der Waals surface area contributed by atoms with E-state index in [9.17, 15) is 9.00 Å². The minimum atomic E-state index is -1.22. The quantitative estimate of drug-likeness (QED) is 0.871. The number of benzene rings is 1. The minimum absolute atomic E-state index is 0.273. The van der Waals surface area contributed by atoms with Crippen LogP contribution in [0.3, 0.4) is 0 Å². The van der Waals surface area contributed by atoms with Crippen molar-refractivity contribution in [2.24, 2.45) is 0 Å². The van der Waals surface area contributed by atoms with Crippen molar-refractivity contribution in [2.75, 3.05) is 19.4 Å². The molecule has 2 rings (SSSR count). The highest BCUT2D eigenvalue weighted by atomic mass is 32.2. The number of carbonyl (C=O) groups excluding carboxylic acids is 1. The fourth-order valence-corrected chi connectivity index (χ4v) is 2.42. The van der Waals surface area contributed by atoms with Crippen molar-refractivity contribution in [3.8, 4) is 5.75 Å². The van der Waals surface area contributed by atoms with Gasteiger partial charge >= 0.3 is 6.03 Å². The van der Waals surface area contributed by atoms with Crippen molar-refractivity contribution in [2.45, 2.75) is 6.54 Å². The van der Waals surface area contributed by atoms with Gasteiger partial charge in [-0.1, -0.05) is 12.1 Å². The predicted molar refractivity (Wildman–Crippen MR) is 64.9 cm³/mol. The third kappa shape index (κ3) is 2.97. The van der Waals surface area contributed by atoms with Gasteiger partial charge in [-0.25, -0.2) is 9.00 Å². The van der Waals surface area contributed by atoms with Crippen LogP contribution in [0.2, 0.25) is 0 Å². The van der Waals surface area contributed by atoms with E-state index in [2.05, 4.69) is 4.72 Å². The van der Waals surface area contributed by atoms with E-state index in [1.165, 1.54) is 0 Å². The molecule has 0 radical (unpaired) electrons. The Hall–Kier alpha value is -1.56. The van der Waals surface area contributed by atoms with Crippen LogP contribution < -0.4 is 9.46 Å². The number of amides is 2. The molecule has 1 fully saturated rings. The third-order valence-electron chi connectivity index (χ3n) is 2.57. The van der Waals surface area contributed by atoms with Gasteiger partial charge in [0.25, 0.3) is 0 Å². The largest absolute Gasteiger partial charge is 0.497 e.